The lowest BCUT2D eigenvalue weighted by molar-refractivity contribution is 0.238. The highest BCUT2D eigenvalue weighted by Crippen LogP contribution is 2.20. The van der Waals surface area contributed by atoms with Crippen LogP contribution in [0.3, 0.4) is 0 Å². The molecule has 0 aliphatic rings. The predicted molar refractivity (Wildman–Crippen MR) is 80.0 cm³/mol. The Hall–Kier alpha value is -2.78. The first-order chi connectivity index (χ1) is 10.7. The fourth-order valence-electron chi connectivity index (χ4n) is 1.73. The number of aliphatic hydroxyl groups is 1. The number of hydrogen-bond acceptors (Lipinski definition) is 6. The van der Waals surface area contributed by atoms with Gasteiger partial charge in [-0.25, -0.2) is 4.98 Å². The molecule has 22 heavy (non-hydrogen) atoms. The molecule has 6 nitrogen and oxygen atoms in total. The zero-order valence-electron chi connectivity index (χ0n) is 12.5. The molecule has 0 aliphatic heterocycles. The summed E-state index contributed by atoms with van der Waals surface area (Å²) >= 11 is 0. The molecule has 1 heterocycles. The van der Waals surface area contributed by atoms with E-state index in [9.17, 15) is 5.11 Å². The minimum absolute atomic E-state index is 0.191. The highest BCUT2D eigenvalue weighted by molar-refractivity contribution is 5.43. The molecule has 6 heteroatoms. The number of methoxy groups -OCH3 is 3. The van der Waals surface area contributed by atoms with E-state index in [0.717, 1.165) is 0 Å². The van der Waals surface area contributed by atoms with Gasteiger partial charge in [0.05, 0.1) is 27.5 Å². The Labute approximate surface area is 128 Å². The molecule has 0 saturated heterocycles. The summed E-state index contributed by atoms with van der Waals surface area (Å²) in [6, 6.07) is 7.26. The third-order valence-corrected chi connectivity index (χ3v) is 2.86. The molecule has 1 aromatic carbocycles. The smallest absolute Gasteiger partial charge is 0.319 e. The van der Waals surface area contributed by atoms with Crippen LogP contribution in [0.15, 0.2) is 30.5 Å². The van der Waals surface area contributed by atoms with Crippen molar-refractivity contribution in [3.63, 3.8) is 0 Å². The summed E-state index contributed by atoms with van der Waals surface area (Å²) in [6.45, 7) is 0. The summed E-state index contributed by atoms with van der Waals surface area (Å²) in [5.74, 6) is 6.48. The number of aliphatic hydroxyl groups excluding tert-OH is 1. The molecule has 2 rings (SSSR count). The van der Waals surface area contributed by atoms with Gasteiger partial charge in [0.2, 0.25) is 5.88 Å². The molecule has 0 spiro atoms. The van der Waals surface area contributed by atoms with Crippen LogP contribution >= 0.6 is 0 Å². The SMILES string of the molecule is COc1cccc(C(O)C#Cc2cnc(OC)nc2OC)c1. The first-order valence-corrected chi connectivity index (χ1v) is 6.46. The van der Waals surface area contributed by atoms with Gasteiger partial charge in [0.15, 0.2) is 0 Å². The number of hydrogen-bond donors (Lipinski definition) is 1. The molecule has 1 atom stereocenters. The Morgan fingerprint density at radius 3 is 2.64 bits per heavy atom. The lowest BCUT2D eigenvalue weighted by Crippen LogP contribution is -1.98. The van der Waals surface area contributed by atoms with Crippen LogP contribution in [-0.2, 0) is 0 Å². The van der Waals surface area contributed by atoms with E-state index in [2.05, 4.69) is 21.8 Å². The molecule has 0 aliphatic carbocycles. The van der Waals surface area contributed by atoms with Crippen molar-refractivity contribution in [2.24, 2.45) is 0 Å². The van der Waals surface area contributed by atoms with Crippen molar-refractivity contribution in [1.82, 2.24) is 9.97 Å². The van der Waals surface area contributed by atoms with E-state index in [1.807, 2.05) is 0 Å². The van der Waals surface area contributed by atoms with E-state index < -0.39 is 6.10 Å². The van der Waals surface area contributed by atoms with Crippen LogP contribution in [0.4, 0.5) is 0 Å². The van der Waals surface area contributed by atoms with Crippen LogP contribution in [-0.4, -0.2) is 36.4 Å². The van der Waals surface area contributed by atoms with Gasteiger partial charge < -0.3 is 19.3 Å². The number of benzene rings is 1. The van der Waals surface area contributed by atoms with E-state index in [1.54, 1.807) is 31.4 Å². The van der Waals surface area contributed by atoms with E-state index >= 15 is 0 Å². The molecule has 2 aromatic rings. The summed E-state index contributed by atoms with van der Waals surface area (Å²) in [5.41, 5.74) is 1.10. The molecule has 0 fully saturated rings. The number of rotatable bonds is 4. The molecule has 1 N–H and O–H groups in total. The maximum Gasteiger partial charge on any atom is 0.319 e. The summed E-state index contributed by atoms with van der Waals surface area (Å²) in [5, 5.41) is 10.1. The lowest BCUT2D eigenvalue weighted by atomic mass is 10.1. The summed E-state index contributed by atoms with van der Waals surface area (Å²) in [4.78, 5) is 7.99. The zero-order valence-corrected chi connectivity index (χ0v) is 12.5. The largest absolute Gasteiger partial charge is 0.497 e. The molecule has 0 bridgehead atoms. The Bertz CT molecular complexity index is 707. The van der Waals surface area contributed by atoms with Crippen LogP contribution in [0.5, 0.6) is 17.6 Å². The van der Waals surface area contributed by atoms with Crippen molar-refractivity contribution in [3.8, 4) is 29.5 Å². The summed E-state index contributed by atoms with van der Waals surface area (Å²) < 4.78 is 15.2. The van der Waals surface area contributed by atoms with Crippen molar-refractivity contribution in [1.29, 1.82) is 0 Å². The first kappa shape index (κ1) is 15.6. The highest BCUT2D eigenvalue weighted by Gasteiger charge is 2.08. The summed E-state index contributed by atoms with van der Waals surface area (Å²) in [7, 11) is 4.51. The maximum atomic E-state index is 10.1. The maximum absolute atomic E-state index is 10.1. The van der Waals surface area contributed by atoms with Gasteiger partial charge in [-0.2, -0.15) is 4.98 Å². The van der Waals surface area contributed by atoms with Crippen molar-refractivity contribution < 1.29 is 19.3 Å². The molecular formula is C16H16N2O4. The van der Waals surface area contributed by atoms with E-state index in [1.165, 1.54) is 20.4 Å². The van der Waals surface area contributed by atoms with Crippen LogP contribution in [0, 0.1) is 11.8 Å². The third-order valence-electron chi connectivity index (χ3n) is 2.86. The van der Waals surface area contributed by atoms with Crippen molar-refractivity contribution >= 4 is 0 Å². The Morgan fingerprint density at radius 1 is 1.14 bits per heavy atom. The fourth-order valence-corrected chi connectivity index (χ4v) is 1.73. The van der Waals surface area contributed by atoms with Gasteiger partial charge in [0.1, 0.15) is 17.4 Å². The van der Waals surface area contributed by atoms with Gasteiger partial charge in [-0.05, 0) is 17.7 Å². The number of nitrogens with zero attached hydrogens (tertiary/aromatic N) is 2. The quantitative estimate of drug-likeness (QED) is 0.864. The van der Waals surface area contributed by atoms with Gasteiger partial charge >= 0.3 is 6.01 Å². The van der Waals surface area contributed by atoms with Crippen molar-refractivity contribution in [3.05, 3.63) is 41.6 Å². The van der Waals surface area contributed by atoms with Gasteiger partial charge in [0.25, 0.3) is 0 Å². The second-order valence-electron chi connectivity index (χ2n) is 4.23. The Balaban J connectivity index is 2.25. The van der Waals surface area contributed by atoms with Crippen LogP contribution < -0.4 is 14.2 Å². The van der Waals surface area contributed by atoms with Gasteiger partial charge in [-0.3, -0.25) is 0 Å². The van der Waals surface area contributed by atoms with Gasteiger partial charge in [-0.15, -0.1) is 0 Å². The van der Waals surface area contributed by atoms with Crippen LogP contribution in [0.1, 0.15) is 17.2 Å². The minimum atomic E-state index is -0.957. The van der Waals surface area contributed by atoms with Crippen LogP contribution in [0.25, 0.3) is 0 Å². The lowest BCUT2D eigenvalue weighted by Gasteiger charge is -2.06. The minimum Gasteiger partial charge on any atom is -0.497 e. The highest BCUT2D eigenvalue weighted by atomic mass is 16.5. The average Bonchev–Trinajstić information content (AvgIpc) is 2.59. The molecule has 1 aromatic heterocycles. The fraction of sp³-hybridized carbons (Fsp3) is 0.250. The van der Waals surface area contributed by atoms with E-state index in [4.69, 9.17) is 14.2 Å². The Kier molecular flexibility index (Phi) is 5.17. The normalized spacial score (nSPS) is 11.1. The molecule has 114 valence electrons. The molecule has 1 unspecified atom stereocenters. The number of aromatic nitrogens is 2. The molecule has 0 radical (unpaired) electrons. The summed E-state index contributed by atoms with van der Waals surface area (Å²) in [6.07, 6.45) is 0.526. The standard InChI is InChI=1S/C16H16N2O4/c1-20-13-6-4-5-11(9-13)14(19)8-7-12-10-17-16(22-3)18-15(12)21-2/h4-6,9-10,14,19H,1-3H3. The monoisotopic (exact) mass is 300 g/mol. The van der Waals surface area contributed by atoms with E-state index in [0.29, 0.717) is 16.9 Å². The van der Waals surface area contributed by atoms with Crippen molar-refractivity contribution in [2.45, 2.75) is 6.10 Å². The predicted octanol–water partition coefficient (Wildman–Crippen LogP) is 1.59. The third kappa shape index (κ3) is 3.65. The second-order valence-corrected chi connectivity index (χ2v) is 4.23. The van der Waals surface area contributed by atoms with Gasteiger partial charge in [0, 0.05) is 0 Å². The topological polar surface area (TPSA) is 73.7 Å². The first-order valence-electron chi connectivity index (χ1n) is 6.46. The van der Waals surface area contributed by atoms with E-state index in [-0.39, 0.29) is 11.9 Å². The van der Waals surface area contributed by atoms with Crippen LogP contribution in [0.2, 0.25) is 0 Å². The van der Waals surface area contributed by atoms with Gasteiger partial charge in [-0.1, -0.05) is 24.0 Å². The average molecular weight is 300 g/mol. The molecular weight excluding hydrogens is 284 g/mol. The second kappa shape index (κ2) is 7.29. The molecule has 0 amide bonds. The van der Waals surface area contributed by atoms with Crippen molar-refractivity contribution in [2.75, 3.05) is 21.3 Å². The zero-order chi connectivity index (χ0) is 15.9. The molecule has 0 saturated carbocycles. The number of ether oxygens (including phenoxy) is 3. The Morgan fingerprint density at radius 2 is 1.95 bits per heavy atom.